The first-order valence-electron chi connectivity index (χ1n) is 10.0. The van der Waals surface area contributed by atoms with Gasteiger partial charge in [-0.3, -0.25) is 9.59 Å². The number of amides is 1. The minimum absolute atomic E-state index is 0.135. The zero-order valence-corrected chi connectivity index (χ0v) is 18.8. The predicted octanol–water partition coefficient (Wildman–Crippen LogP) is 3.05. The Morgan fingerprint density at radius 1 is 1.13 bits per heavy atom. The summed E-state index contributed by atoms with van der Waals surface area (Å²) >= 11 is 6.06. The monoisotopic (exact) mass is 464 g/mol. The number of nitrogens with one attached hydrogen (secondary N) is 1. The lowest BCUT2D eigenvalue weighted by molar-refractivity contribution is -0.153. The normalized spacial score (nSPS) is 17.2. The van der Waals surface area contributed by atoms with Crippen LogP contribution in [0.3, 0.4) is 0 Å². The Balaban J connectivity index is 1.60. The van der Waals surface area contributed by atoms with Gasteiger partial charge in [-0.25, -0.2) is 8.42 Å². The zero-order chi connectivity index (χ0) is 22.4. The van der Waals surface area contributed by atoms with Crippen molar-refractivity contribution in [2.45, 2.75) is 43.7 Å². The second-order valence-corrected chi connectivity index (χ2v) is 9.71. The highest BCUT2D eigenvalue weighted by Gasteiger charge is 2.38. The molecular formula is C22H25ClN2O5S. The van der Waals surface area contributed by atoms with Crippen LogP contribution in [-0.2, 0) is 30.9 Å². The number of esters is 1. The molecule has 1 aliphatic heterocycles. The van der Waals surface area contributed by atoms with Crippen LogP contribution in [0.5, 0.6) is 0 Å². The van der Waals surface area contributed by atoms with E-state index in [1.807, 2.05) is 6.92 Å². The number of carbonyl (C=O) groups excluding carboxylic acids is 2. The van der Waals surface area contributed by atoms with Crippen LogP contribution in [0.1, 0.15) is 30.4 Å². The highest BCUT2D eigenvalue weighted by molar-refractivity contribution is 7.89. The third kappa shape index (κ3) is 5.84. The number of benzene rings is 2. The molecule has 1 aliphatic rings. The topological polar surface area (TPSA) is 92.8 Å². The van der Waals surface area contributed by atoms with Crippen molar-refractivity contribution in [1.29, 1.82) is 0 Å². The zero-order valence-electron chi connectivity index (χ0n) is 17.2. The third-order valence-electron chi connectivity index (χ3n) is 5.13. The van der Waals surface area contributed by atoms with Crippen LogP contribution in [0.25, 0.3) is 0 Å². The summed E-state index contributed by atoms with van der Waals surface area (Å²) in [7, 11) is -3.85. The van der Waals surface area contributed by atoms with E-state index in [1.54, 1.807) is 36.4 Å². The van der Waals surface area contributed by atoms with Gasteiger partial charge in [-0.2, -0.15) is 4.31 Å². The fraction of sp³-hybridized carbons (Fsp3) is 0.364. The number of halogens is 1. The molecule has 1 heterocycles. The van der Waals surface area contributed by atoms with Crippen LogP contribution in [0.2, 0.25) is 5.02 Å². The average molecular weight is 465 g/mol. The molecule has 7 nitrogen and oxygen atoms in total. The SMILES string of the molecule is Cc1ccc(S(=O)(=O)N2CCCCC2C(=O)OCC(=O)NCc2ccccc2Cl)cc1. The summed E-state index contributed by atoms with van der Waals surface area (Å²) in [6.45, 7) is 1.81. The van der Waals surface area contributed by atoms with Gasteiger partial charge in [-0.1, -0.05) is 47.5 Å². The van der Waals surface area contributed by atoms with Gasteiger partial charge < -0.3 is 10.1 Å². The summed E-state index contributed by atoms with van der Waals surface area (Å²) in [5.74, 6) is -1.21. The van der Waals surface area contributed by atoms with E-state index in [0.29, 0.717) is 24.3 Å². The number of hydrogen-bond donors (Lipinski definition) is 1. The van der Waals surface area contributed by atoms with E-state index in [2.05, 4.69) is 5.32 Å². The molecule has 0 radical (unpaired) electrons. The molecule has 31 heavy (non-hydrogen) atoms. The molecule has 1 N–H and O–H groups in total. The van der Waals surface area contributed by atoms with E-state index < -0.39 is 34.5 Å². The molecule has 166 valence electrons. The number of rotatable bonds is 7. The van der Waals surface area contributed by atoms with Crippen LogP contribution in [0, 0.1) is 6.92 Å². The van der Waals surface area contributed by atoms with Gasteiger partial charge >= 0.3 is 5.97 Å². The molecule has 1 fully saturated rings. The highest BCUT2D eigenvalue weighted by Crippen LogP contribution is 2.26. The maximum absolute atomic E-state index is 13.1. The van der Waals surface area contributed by atoms with Gasteiger partial charge in [0.2, 0.25) is 10.0 Å². The van der Waals surface area contributed by atoms with Crippen LogP contribution in [0.15, 0.2) is 53.4 Å². The minimum atomic E-state index is -3.85. The van der Waals surface area contributed by atoms with Crippen molar-refractivity contribution in [3.05, 3.63) is 64.7 Å². The summed E-state index contributed by atoms with van der Waals surface area (Å²) < 4.78 is 32.5. The Bertz CT molecular complexity index is 1040. The van der Waals surface area contributed by atoms with E-state index in [0.717, 1.165) is 11.1 Å². The van der Waals surface area contributed by atoms with Crippen molar-refractivity contribution in [1.82, 2.24) is 9.62 Å². The van der Waals surface area contributed by atoms with Gasteiger partial charge in [0.15, 0.2) is 6.61 Å². The minimum Gasteiger partial charge on any atom is -0.454 e. The number of piperidine rings is 1. The summed E-state index contributed by atoms with van der Waals surface area (Å²) in [6, 6.07) is 12.6. The maximum atomic E-state index is 13.1. The van der Waals surface area contributed by atoms with Crippen LogP contribution < -0.4 is 5.32 Å². The van der Waals surface area contributed by atoms with Crippen molar-refractivity contribution in [3.8, 4) is 0 Å². The maximum Gasteiger partial charge on any atom is 0.324 e. The summed E-state index contributed by atoms with van der Waals surface area (Å²) in [4.78, 5) is 24.9. The van der Waals surface area contributed by atoms with Crippen molar-refractivity contribution in [2.75, 3.05) is 13.2 Å². The Morgan fingerprint density at radius 3 is 2.55 bits per heavy atom. The van der Waals surface area contributed by atoms with Crippen molar-refractivity contribution >= 4 is 33.5 Å². The number of ether oxygens (including phenoxy) is 1. The third-order valence-corrected chi connectivity index (χ3v) is 7.42. The Labute approximate surface area is 187 Å². The molecule has 2 aromatic carbocycles. The lowest BCUT2D eigenvalue weighted by atomic mass is 10.1. The molecule has 1 atom stereocenters. The van der Waals surface area contributed by atoms with Crippen molar-refractivity contribution < 1.29 is 22.7 Å². The van der Waals surface area contributed by atoms with Gasteiger partial charge in [-0.05, 0) is 49.9 Å². The largest absolute Gasteiger partial charge is 0.454 e. The quantitative estimate of drug-likeness (QED) is 0.636. The van der Waals surface area contributed by atoms with Crippen LogP contribution >= 0.6 is 11.6 Å². The molecule has 1 saturated heterocycles. The van der Waals surface area contributed by atoms with E-state index in [-0.39, 0.29) is 18.0 Å². The van der Waals surface area contributed by atoms with E-state index >= 15 is 0 Å². The smallest absolute Gasteiger partial charge is 0.324 e. The van der Waals surface area contributed by atoms with E-state index in [4.69, 9.17) is 16.3 Å². The van der Waals surface area contributed by atoms with Crippen molar-refractivity contribution in [3.63, 3.8) is 0 Å². The van der Waals surface area contributed by atoms with Gasteiger partial charge in [0.1, 0.15) is 6.04 Å². The number of aryl methyl sites for hydroxylation is 1. The average Bonchev–Trinajstić information content (AvgIpc) is 2.77. The number of nitrogens with zero attached hydrogens (tertiary/aromatic N) is 1. The molecule has 0 aromatic heterocycles. The molecule has 3 rings (SSSR count). The van der Waals surface area contributed by atoms with Gasteiger partial charge in [0.05, 0.1) is 4.90 Å². The first-order chi connectivity index (χ1) is 14.8. The number of sulfonamides is 1. The second-order valence-electron chi connectivity index (χ2n) is 7.42. The predicted molar refractivity (Wildman–Crippen MR) is 117 cm³/mol. The fourth-order valence-corrected chi connectivity index (χ4v) is 5.24. The van der Waals surface area contributed by atoms with Crippen molar-refractivity contribution in [2.24, 2.45) is 0 Å². The fourth-order valence-electron chi connectivity index (χ4n) is 3.39. The molecular weight excluding hydrogens is 440 g/mol. The summed E-state index contributed by atoms with van der Waals surface area (Å²) in [6.07, 6.45) is 1.72. The van der Waals surface area contributed by atoms with E-state index in [9.17, 15) is 18.0 Å². The summed E-state index contributed by atoms with van der Waals surface area (Å²) in [5.41, 5.74) is 1.68. The molecule has 2 aromatic rings. The molecule has 1 unspecified atom stereocenters. The van der Waals surface area contributed by atoms with Gasteiger partial charge in [0, 0.05) is 18.1 Å². The van der Waals surface area contributed by atoms with Gasteiger partial charge in [-0.15, -0.1) is 0 Å². The second kappa shape index (κ2) is 10.3. The van der Waals surface area contributed by atoms with E-state index in [1.165, 1.54) is 16.4 Å². The summed E-state index contributed by atoms with van der Waals surface area (Å²) in [5, 5.41) is 3.16. The Kier molecular flexibility index (Phi) is 7.69. The Morgan fingerprint density at radius 2 is 1.84 bits per heavy atom. The number of hydrogen-bond acceptors (Lipinski definition) is 5. The molecule has 0 spiro atoms. The standard InChI is InChI=1S/C22H25ClN2O5S/c1-16-9-11-18(12-10-16)31(28,29)25-13-5-4-8-20(25)22(27)30-15-21(26)24-14-17-6-2-3-7-19(17)23/h2-3,6-7,9-12,20H,4-5,8,13-15H2,1H3,(H,24,26). The first kappa shape index (κ1) is 23.2. The molecule has 0 bridgehead atoms. The molecule has 0 aliphatic carbocycles. The van der Waals surface area contributed by atoms with Gasteiger partial charge in [0.25, 0.3) is 5.91 Å². The number of carbonyl (C=O) groups is 2. The van der Waals surface area contributed by atoms with Crippen LogP contribution in [-0.4, -0.2) is 43.8 Å². The highest BCUT2D eigenvalue weighted by atomic mass is 35.5. The molecule has 0 saturated carbocycles. The molecule has 1 amide bonds. The molecule has 9 heteroatoms. The Hall–Kier alpha value is -2.42. The lowest BCUT2D eigenvalue weighted by Crippen LogP contribution is -2.49. The first-order valence-corrected chi connectivity index (χ1v) is 11.9. The van der Waals surface area contributed by atoms with Crippen LogP contribution in [0.4, 0.5) is 0 Å². The lowest BCUT2D eigenvalue weighted by Gasteiger charge is -2.33.